The number of anilines is 2. The van der Waals surface area contributed by atoms with E-state index in [-0.39, 0.29) is 18.2 Å². The molecule has 3 aromatic rings. The van der Waals surface area contributed by atoms with Gasteiger partial charge in [-0.2, -0.15) is 0 Å². The summed E-state index contributed by atoms with van der Waals surface area (Å²) in [7, 11) is 3.19. The molecule has 1 saturated heterocycles. The topological polar surface area (TPSA) is 80.8 Å². The predicted molar refractivity (Wildman–Crippen MR) is 124 cm³/mol. The molecule has 2 heterocycles. The third kappa shape index (κ3) is 4.31. The molecule has 2 amide bonds. The fraction of sp³-hybridized carbons (Fsp3) is 0.292. The van der Waals surface area contributed by atoms with E-state index in [2.05, 4.69) is 10.3 Å². The Bertz CT molecular complexity index is 1110. The van der Waals surface area contributed by atoms with E-state index in [1.807, 2.05) is 60.8 Å². The summed E-state index contributed by atoms with van der Waals surface area (Å²) < 4.78 is 10.9. The summed E-state index contributed by atoms with van der Waals surface area (Å²) >= 11 is 1.39. The summed E-state index contributed by atoms with van der Waals surface area (Å²) in [5.41, 5.74) is 2.34. The molecule has 2 atom stereocenters. The van der Waals surface area contributed by atoms with Gasteiger partial charge in [0.15, 0.2) is 5.13 Å². The monoisotopic (exact) mass is 451 g/mol. The van der Waals surface area contributed by atoms with E-state index in [9.17, 15) is 9.59 Å². The number of nitrogens with zero attached hydrogens (tertiary/aromatic N) is 2. The number of carbonyl (C=O) groups is 2. The number of hydrogen-bond donors (Lipinski definition) is 1. The van der Waals surface area contributed by atoms with Gasteiger partial charge in [-0.3, -0.25) is 9.59 Å². The second-order valence-corrected chi connectivity index (χ2v) is 8.44. The molecular formula is C24H25N3O4S. The molecule has 1 aliphatic heterocycles. The van der Waals surface area contributed by atoms with Crippen molar-refractivity contribution in [2.45, 2.75) is 25.8 Å². The van der Waals surface area contributed by atoms with E-state index in [1.165, 1.54) is 11.3 Å². The zero-order chi connectivity index (χ0) is 22.7. The number of aromatic nitrogens is 1. The molecule has 0 aliphatic carbocycles. The SMILES string of the molecule is COc1ccc(N2C(=O)CCC(C(=O)Nc3nc(C)cs3)C2c2ccccc2OC)cc1. The first-order chi connectivity index (χ1) is 15.5. The Balaban J connectivity index is 1.77. The first kappa shape index (κ1) is 21.8. The fourth-order valence-electron chi connectivity index (χ4n) is 4.09. The zero-order valence-electron chi connectivity index (χ0n) is 18.2. The lowest BCUT2D eigenvalue weighted by Gasteiger charge is -2.41. The molecule has 0 spiro atoms. The third-order valence-electron chi connectivity index (χ3n) is 5.59. The molecule has 0 bridgehead atoms. The van der Waals surface area contributed by atoms with E-state index in [4.69, 9.17) is 9.47 Å². The van der Waals surface area contributed by atoms with Crippen molar-refractivity contribution in [3.63, 3.8) is 0 Å². The summed E-state index contributed by atoms with van der Waals surface area (Å²) in [4.78, 5) is 32.6. The fourth-order valence-corrected chi connectivity index (χ4v) is 4.78. The van der Waals surface area contributed by atoms with Crippen molar-refractivity contribution in [3.05, 3.63) is 65.2 Å². The Labute approximate surface area is 191 Å². The molecular weight excluding hydrogens is 426 g/mol. The van der Waals surface area contributed by atoms with Gasteiger partial charge in [-0.05, 0) is 43.7 Å². The Morgan fingerprint density at radius 2 is 1.88 bits per heavy atom. The molecule has 1 fully saturated rings. The van der Waals surface area contributed by atoms with E-state index >= 15 is 0 Å². The van der Waals surface area contributed by atoms with Crippen molar-refractivity contribution in [2.75, 3.05) is 24.4 Å². The van der Waals surface area contributed by atoms with Gasteiger partial charge >= 0.3 is 0 Å². The second-order valence-electron chi connectivity index (χ2n) is 7.58. The van der Waals surface area contributed by atoms with E-state index in [1.54, 1.807) is 19.1 Å². The van der Waals surface area contributed by atoms with Gasteiger partial charge in [0.05, 0.1) is 31.9 Å². The Hall–Kier alpha value is -3.39. The van der Waals surface area contributed by atoms with Crippen LogP contribution in [-0.2, 0) is 9.59 Å². The molecule has 1 aromatic heterocycles. The maximum atomic E-state index is 13.4. The van der Waals surface area contributed by atoms with Crippen molar-refractivity contribution in [1.29, 1.82) is 0 Å². The van der Waals surface area contributed by atoms with Crippen molar-refractivity contribution in [2.24, 2.45) is 5.92 Å². The number of rotatable bonds is 6. The molecule has 0 radical (unpaired) electrons. The Morgan fingerprint density at radius 1 is 1.12 bits per heavy atom. The van der Waals surface area contributed by atoms with Crippen LogP contribution in [0.2, 0.25) is 0 Å². The Morgan fingerprint density at radius 3 is 2.53 bits per heavy atom. The zero-order valence-corrected chi connectivity index (χ0v) is 19.0. The molecule has 0 saturated carbocycles. The minimum absolute atomic E-state index is 0.0415. The maximum Gasteiger partial charge on any atom is 0.231 e. The minimum atomic E-state index is -0.526. The molecule has 1 aliphatic rings. The molecule has 166 valence electrons. The molecule has 32 heavy (non-hydrogen) atoms. The van der Waals surface area contributed by atoms with E-state index in [0.29, 0.717) is 28.7 Å². The number of ether oxygens (including phenoxy) is 2. The molecule has 2 aromatic carbocycles. The number of amides is 2. The summed E-state index contributed by atoms with van der Waals surface area (Å²) in [6.07, 6.45) is 0.705. The standard InChI is InChI=1S/C24H25N3O4S/c1-15-14-32-24(25-15)26-23(29)19-12-13-21(28)27(16-8-10-17(30-2)11-9-16)22(19)18-6-4-5-7-20(18)31-3/h4-11,14,19,22H,12-13H2,1-3H3,(H,25,26,29). The van der Waals surface area contributed by atoms with Crippen LogP contribution in [-0.4, -0.2) is 31.0 Å². The van der Waals surface area contributed by atoms with Crippen LogP contribution in [0.1, 0.15) is 30.1 Å². The van der Waals surface area contributed by atoms with Gasteiger partial charge in [-0.25, -0.2) is 4.98 Å². The Kier molecular flexibility index (Phi) is 6.41. The number of methoxy groups -OCH3 is 2. The average molecular weight is 452 g/mol. The molecule has 8 heteroatoms. The van der Waals surface area contributed by atoms with Gasteiger partial charge in [-0.15, -0.1) is 11.3 Å². The van der Waals surface area contributed by atoms with Crippen molar-refractivity contribution in [3.8, 4) is 11.5 Å². The van der Waals surface area contributed by atoms with Crippen LogP contribution in [0.15, 0.2) is 53.9 Å². The van der Waals surface area contributed by atoms with Gasteiger partial charge in [0.25, 0.3) is 0 Å². The summed E-state index contributed by atoms with van der Waals surface area (Å²) in [6.45, 7) is 1.88. The number of carbonyl (C=O) groups excluding carboxylic acids is 2. The predicted octanol–water partition coefficient (Wildman–Crippen LogP) is 4.59. The highest BCUT2D eigenvalue weighted by Gasteiger charge is 2.42. The summed E-state index contributed by atoms with van der Waals surface area (Å²) in [5.74, 6) is 0.644. The largest absolute Gasteiger partial charge is 0.497 e. The number of benzene rings is 2. The smallest absolute Gasteiger partial charge is 0.231 e. The highest BCUT2D eigenvalue weighted by Crippen LogP contribution is 2.43. The quantitative estimate of drug-likeness (QED) is 0.593. The number of hydrogen-bond acceptors (Lipinski definition) is 6. The van der Waals surface area contributed by atoms with Crippen LogP contribution >= 0.6 is 11.3 Å². The van der Waals surface area contributed by atoms with Crippen LogP contribution in [0.3, 0.4) is 0 Å². The number of thiazole rings is 1. The van der Waals surface area contributed by atoms with Gasteiger partial charge in [0.1, 0.15) is 11.5 Å². The van der Waals surface area contributed by atoms with Crippen LogP contribution in [0.5, 0.6) is 11.5 Å². The summed E-state index contributed by atoms with van der Waals surface area (Å²) in [6, 6.07) is 14.3. The summed E-state index contributed by atoms with van der Waals surface area (Å²) in [5, 5.41) is 5.39. The minimum Gasteiger partial charge on any atom is -0.497 e. The maximum absolute atomic E-state index is 13.4. The van der Waals surface area contributed by atoms with E-state index < -0.39 is 12.0 Å². The van der Waals surface area contributed by atoms with Crippen molar-refractivity contribution in [1.82, 2.24) is 4.98 Å². The third-order valence-corrected chi connectivity index (χ3v) is 6.47. The van der Waals surface area contributed by atoms with Gasteiger partial charge in [-0.1, -0.05) is 18.2 Å². The van der Waals surface area contributed by atoms with Crippen LogP contribution in [0, 0.1) is 12.8 Å². The first-order valence-corrected chi connectivity index (χ1v) is 11.2. The van der Waals surface area contributed by atoms with Crippen LogP contribution in [0.25, 0.3) is 0 Å². The van der Waals surface area contributed by atoms with Gasteiger partial charge in [0.2, 0.25) is 11.8 Å². The highest BCUT2D eigenvalue weighted by atomic mass is 32.1. The molecule has 7 nitrogen and oxygen atoms in total. The van der Waals surface area contributed by atoms with E-state index in [0.717, 1.165) is 11.3 Å². The van der Waals surface area contributed by atoms with Crippen LogP contribution in [0.4, 0.5) is 10.8 Å². The van der Waals surface area contributed by atoms with Crippen LogP contribution < -0.4 is 19.7 Å². The van der Waals surface area contributed by atoms with Crippen molar-refractivity contribution < 1.29 is 19.1 Å². The molecule has 2 unspecified atom stereocenters. The normalized spacial score (nSPS) is 18.3. The first-order valence-electron chi connectivity index (χ1n) is 10.3. The lowest BCUT2D eigenvalue weighted by atomic mass is 9.82. The second kappa shape index (κ2) is 9.40. The number of piperidine rings is 1. The average Bonchev–Trinajstić information content (AvgIpc) is 3.23. The lowest BCUT2D eigenvalue weighted by Crippen LogP contribution is -2.47. The highest BCUT2D eigenvalue weighted by molar-refractivity contribution is 7.13. The molecule has 4 rings (SSSR count). The number of aryl methyl sites for hydroxylation is 1. The van der Waals surface area contributed by atoms with Crippen molar-refractivity contribution >= 4 is 34.0 Å². The lowest BCUT2D eigenvalue weighted by molar-refractivity contribution is -0.125. The molecule has 1 N–H and O–H groups in total. The number of nitrogens with one attached hydrogen (secondary N) is 1. The van der Waals surface area contributed by atoms with Gasteiger partial charge in [0, 0.05) is 23.1 Å². The number of para-hydroxylation sites is 1. The van der Waals surface area contributed by atoms with Gasteiger partial charge < -0.3 is 19.7 Å².